The predicted molar refractivity (Wildman–Crippen MR) is 93.1 cm³/mol. The zero-order valence-electron chi connectivity index (χ0n) is 13.8. The average Bonchev–Trinajstić information content (AvgIpc) is 3.08. The Bertz CT molecular complexity index is 396. The number of nitrogens with zero attached hydrogens (tertiary/aromatic N) is 2. The molecule has 1 aliphatic carbocycles. The first-order chi connectivity index (χ1) is 10.2. The van der Waals surface area contributed by atoms with E-state index in [0.717, 1.165) is 18.9 Å². The molecule has 0 aromatic carbocycles. The molecule has 1 aliphatic rings. The molecule has 1 aromatic heterocycles. The largest absolute Gasteiger partial charge is 0.313 e. The number of hydrogen-bond acceptors (Lipinski definition) is 3. The minimum atomic E-state index is 0.547. The smallest absolute Gasteiger partial charge is 0.0640 e. The van der Waals surface area contributed by atoms with Gasteiger partial charge in [-0.2, -0.15) is 16.9 Å². The van der Waals surface area contributed by atoms with Crippen LogP contribution in [0.3, 0.4) is 0 Å². The molecule has 0 aliphatic heterocycles. The molecule has 4 heteroatoms. The van der Waals surface area contributed by atoms with Crippen molar-refractivity contribution in [2.24, 2.45) is 5.92 Å². The molecule has 2 rings (SSSR count). The summed E-state index contributed by atoms with van der Waals surface area (Å²) < 4.78 is 2.21. The molecule has 0 saturated heterocycles. The van der Waals surface area contributed by atoms with Gasteiger partial charge in [-0.15, -0.1) is 0 Å². The highest BCUT2D eigenvalue weighted by atomic mass is 32.2. The Balaban J connectivity index is 1.84. The van der Waals surface area contributed by atoms with E-state index < -0.39 is 0 Å². The number of hydrogen-bond donors (Lipinski definition) is 1. The molecule has 120 valence electrons. The summed E-state index contributed by atoms with van der Waals surface area (Å²) in [5, 5.41) is 8.44. The zero-order valence-corrected chi connectivity index (χ0v) is 14.7. The summed E-state index contributed by atoms with van der Waals surface area (Å²) in [6.07, 6.45) is 8.59. The van der Waals surface area contributed by atoms with Gasteiger partial charge in [0.1, 0.15) is 0 Å². The minimum absolute atomic E-state index is 0.547. The fraction of sp³-hybridized carbons (Fsp3) is 0.824. The molecular formula is C17H31N3S. The van der Waals surface area contributed by atoms with E-state index in [1.54, 1.807) is 0 Å². The number of nitrogens with one attached hydrogen (secondary N) is 1. The summed E-state index contributed by atoms with van der Waals surface area (Å²) in [4.78, 5) is 0. The van der Waals surface area contributed by atoms with Gasteiger partial charge in [-0.3, -0.25) is 4.68 Å². The second-order valence-corrected chi connectivity index (χ2v) is 7.69. The SMILES string of the molecule is CCNC(CSCC(C)C)Cc1ccn(C2CCCC2)n1. The van der Waals surface area contributed by atoms with Crippen molar-refractivity contribution in [2.75, 3.05) is 18.1 Å². The van der Waals surface area contributed by atoms with Crippen molar-refractivity contribution < 1.29 is 0 Å². The number of thioether (sulfide) groups is 1. The molecule has 3 nitrogen and oxygen atoms in total. The Kier molecular flexibility index (Phi) is 7.11. The highest BCUT2D eigenvalue weighted by Crippen LogP contribution is 2.28. The van der Waals surface area contributed by atoms with Crippen LogP contribution in [-0.4, -0.2) is 33.9 Å². The molecule has 0 radical (unpaired) electrons. The van der Waals surface area contributed by atoms with Crippen LogP contribution in [0.1, 0.15) is 58.2 Å². The van der Waals surface area contributed by atoms with Crippen molar-refractivity contribution in [3.63, 3.8) is 0 Å². The Hall–Kier alpha value is -0.480. The molecule has 21 heavy (non-hydrogen) atoms. The Morgan fingerprint density at radius 3 is 2.76 bits per heavy atom. The van der Waals surface area contributed by atoms with Gasteiger partial charge in [-0.25, -0.2) is 0 Å². The molecule has 1 fully saturated rings. The summed E-state index contributed by atoms with van der Waals surface area (Å²) in [5.74, 6) is 3.21. The van der Waals surface area contributed by atoms with E-state index >= 15 is 0 Å². The summed E-state index contributed by atoms with van der Waals surface area (Å²) in [5.41, 5.74) is 1.25. The highest BCUT2D eigenvalue weighted by molar-refractivity contribution is 7.99. The maximum Gasteiger partial charge on any atom is 0.0640 e. The topological polar surface area (TPSA) is 29.9 Å². The van der Waals surface area contributed by atoms with Crippen LogP contribution in [0.15, 0.2) is 12.3 Å². The second kappa shape index (κ2) is 8.84. The molecule has 0 bridgehead atoms. The van der Waals surface area contributed by atoms with E-state index in [2.05, 4.69) is 54.8 Å². The van der Waals surface area contributed by atoms with Crippen LogP contribution < -0.4 is 5.32 Å². The Morgan fingerprint density at radius 2 is 2.10 bits per heavy atom. The van der Waals surface area contributed by atoms with Gasteiger partial charge in [-0.1, -0.05) is 33.6 Å². The van der Waals surface area contributed by atoms with Gasteiger partial charge in [0.2, 0.25) is 0 Å². The third-order valence-electron chi connectivity index (χ3n) is 4.08. The summed E-state index contributed by atoms with van der Waals surface area (Å²) in [7, 11) is 0. The first-order valence-corrected chi connectivity index (χ1v) is 9.69. The molecule has 0 spiro atoms. The molecule has 1 saturated carbocycles. The van der Waals surface area contributed by atoms with Crippen molar-refractivity contribution in [3.8, 4) is 0 Å². The van der Waals surface area contributed by atoms with Gasteiger partial charge in [0, 0.05) is 24.4 Å². The lowest BCUT2D eigenvalue weighted by Gasteiger charge is -2.17. The van der Waals surface area contributed by atoms with Gasteiger partial charge in [0.05, 0.1) is 11.7 Å². The van der Waals surface area contributed by atoms with Gasteiger partial charge in [0.15, 0.2) is 0 Å². The van der Waals surface area contributed by atoms with Crippen molar-refractivity contribution in [3.05, 3.63) is 18.0 Å². The molecule has 0 amide bonds. The summed E-state index contributed by atoms with van der Waals surface area (Å²) in [6.45, 7) is 7.81. The first-order valence-electron chi connectivity index (χ1n) is 8.54. The third kappa shape index (κ3) is 5.67. The van der Waals surface area contributed by atoms with Gasteiger partial charge in [0.25, 0.3) is 0 Å². The van der Waals surface area contributed by atoms with Gasteiger partial charge < -0.3 is 5.32 Å². The lowest BCUT2D eigenvalue weighted by molar-refractivity contribution is 0.459. The maximum absolute atomic E-state index is 4.82. The third-order valence-corrected chi connectivity index (χ3v) is 5.62. The van der Waals surface area contributed by atoms with Crippen molar-refractivity contribution >= 4 is 11.8 Å². The van der Waals surface area contributed by atoms with Crippen LogP contribution in [0.4, 0.5) is 0 Å². The standard InChI is InChI=1S/C17H31N3S/c1-4-18-16(13-21-12-14(2)3)11-15-9-10-20(19-15)17-7-5-6-8-17/h9-10,14,16-18H,4-8,11-13H2,1-3H3. The zero-order chi connectivity index (χ0) is 15.1. The quantitative estimate of drug-likeness (QED) is 0.750. The van der Waals surface area contributed by atoms with E-state index in [1.165, 1.54) is 42.9 Å². The summed E-state index contributed by atoms with van der Waals surface area (Å²) in [6, 6.07) is 3.42. The Morgan fingerprint density at radius 1 is 1.33 bits per heavy atom. The van der Waals surface area contributed by atoms with E-state index in [0.29, 0.717) is 12.1 Å². The fourth-order valence-electron chi connectivity index (χ4n) is 3.04. The molecule has 1 atom stereocenters. The van der Waals surface area contributed by atoms with Crippen LogP contribution in [-0.2, 0) is 6.42 Å². The van der Waals surface area contributed by atoms with Crippen molar-refractivity contribution in [2.45, 2.75) is 65.0 Å². The van der Waals surface area contributed by atoms with Crippen molar-refractivity contribution in [1.29, 1.82) is 0 Å². The number of likely N-dealkylation sites (N-methyl/N-ethyl adjacent to an activating group) is 1. The number of aromatic nitrogens is 2. The van der Waals surface area contributed by atoms with Crippen LogP contribution >= 0.6 is 11.8 Å². The second-order valence-electron chi connectivity index (χ2n) is 6.62. The summed E-state index contributed by atoms with van der Waals surface area (Å²) >= 11 is 2.06. The maximum atomic E-state index is 4.82. The van der Waals surface area contributed by atoms with Crippen LogP contribution in [0.5, 0.6) is 0 Å². The molecule has 1 unspecified atom stereocenters. The number of rotatable bonds is 9. The fourth-order valence-corrected chi connectivity index (χ4v) is 4.16. The van der Waals surface area contributed by atoms with Crippen molar-refractivity contribution in [1.82, 2.24) is 15.1 Å². The highest BCUT2D eigenvalue weighted by Gasteiger charge is 2.18. The lowest BCUT2D eigenvalue weighted by atomic mass is 10.2. The van der Waals surface area contributed by atoms with Crippen LogP contribution in [0.2, 0.25) is 0 Å². The van der Waals surface area contributed by atoms with Gasteiger partial charge >= 0.3 is 0 Å². The minimum Gasteiger partial charge on any atom is -0.313 e. The molecule has 1 heterocycles. The average molecular weight is 310 g/mol. The van der Waals surface area contributed by atoms with Crippen LogP contribution in [0.25, 0.3) is 0 Å². The lowest BCUT2D eigenvalue weighted by Crippen LogP contribution is -2.33. The molecule has 1 N–H and O–H groups in total. The van der Waals surface area contributed by atoms with Gasteiger partial charge in [-0.05, 0) is 37.1 Å². The molecular weight excluding hydrogens is 278 g/mol. The Labute approximate surface area is 134 Å². The normalized spacial score (nSPS) is 17.7. The molecule has 1 aromatic rings. The monoisotopic (exact) mass is 309 g/mol. The van der Waals surface area contributed by atoms with E-state index in [1.807, 2.05) is 0 Å². The van der Waals surface area contributed by atoms with E-state index in [9.17, 15) is 0 Å². The predicted octanol–water partition coefficient (Wildman–Crippen LogP) is 3.91. The first kappa shape index (κ1) is 16.9. The van der Waals surface area contributed by atoms with Crippen LogP contribution in [0, 0.1) is 5.92 Å². The van der Waals surface area contributed by atoms with E-state index in [4.69, 9.17) is 5.10 Å². The van der Waals surface area contributed by atoms with E-state index in [-0.39, 0.29) is 0 Å².